The number of rotatable bonds is 2. The highest BCUT2D eigenvalue weighted by Crippen LogP contribution is 2.32. The summed E-state index contributed by atoms with van der Waals surface area (Å²) in [6.45, 7) is 0. The van der Waals surface area contributed by atoms with Crippen molar-refractivity contribution in [2.45, 2.75) is 0 Å². The molecule has 0 aliphatic rings. The molecule has 5 N–H and O–H groups in total. The topological polar surface area (TPSA) is 97.3 Å². The number of nitrogens with one attached hydrogen (secondary N) is 1. The Bertz CT molecular complexity index is 512. The van der Waals surface area contributed by atoms with Crippen LogP contribution in [0.15, 0.2) is 35.8 Å². The van der Waals surface area contributed by atoms with Gasteiger partial charge in [0.25, 0.3) is 0 Å². The zero-order valence-electron chi connectivity index (χ0n) is 8.83. The quantitative estimate of drug-likeness (QED) is 0.421. The van der Waals surface area contributed by atoms with Crippen LogP contribution in [0.4, 0.5) is 10.6 Å². The lowest BCUT2D eigenvalue weighted by molar-refractivity contribution is 0.246. The minimum Gasteiger partial charge on any atom is -0.274 e. The van der Waals surface area contributed by atoms with Gasteiger partial charge in [0, 0.05) is 0 Å². The first-order valence-corrected chi connectivity index (χ1v) is 5.66. The van der Waals surface area contributed by atoms with Crippen LogP contribution in [0.3, 0.4) is 0 Å². The van der Waals surface area contributed by atoms with Crippen molar-refractivity contribution in [3.05, 3.63) is 35.8 Å². The molecule has 1 heterocycles. The Morgan fingerprint density at radius 1 is 1.35 bits per heavy atom. The fraction of sp³-hybridized carbons (Fsp3) is 0. The van der Waals surface area contributed by atoms with Crippen LogP contribution in [0.25, 0.3) is 10.4 Å². The van der Waals surface area contributed by atoms with Crippen LogP contribution in [0.5, 0.6) is 0 Å². The third kappa shape index (κ3) is 2.26. The first-order chi connectivity index (χ1) is 8.24. The summed E-state index contributed by atoms with van der Waals surface area (Å²) in [7, 11) is 0. The fourth-order valence-corrected chi connectivity index (χ4v) is 2.15. The number of urea groups is 1. The summed E-state index contributed by atoms with van der Waals surface area (Å²) in [5.41, 5.74) is 4.53. The highest BCUT2D eigenvalue weighted by atomic mass is 32.1. The summed E-state index contributed by atoms with van der Waals surface area (Å²) < 4.78 is 0. The number of carbonyl (C=O) groups excluding carboxylic acids is 1. The Kier molecular flexibility index (Phi) is 3.33. The van der Waals surface area contributed by atoms with Gasteiger partial charge in [-0.1, -0.05) is 30.3 Å². The number of amides is 2. The molecule has 1 aromatic carbocycles. The average molecular weight is 249 g/mol. The van der Waals surface area contributed by atoms with E-state index in [0.717, 1.165) is 15.4 Å². The number of anilines is 1. The summed E-state index contributed by atoms with van der Waals surface area (Å²) in [5, 5.41) is 0.888. The lowest BCUT2D eigenvalue weighted by Gasteiger charge is -2.14. The number of hydrogen-bond acceptors (Lipinski definition) is 5. The lowest BCUT2D eigenvalue weighted by atomic mass is 10.2. The van der Waals surface area contributed by atoms with E-state index in [4.69, 9.17) is 11.7 Å². The van der Waals surface area contributed by atoms with E-state index >= 15 is 0 Å². The summed E-state index contributed by atoms with van der Waals surface area (Å²) in [6, 6.07) is 8.95. The van der Waals surface area contributed by atoms with Gasteiger partial charge in [-0.3, -0.25) is 5.43 Å². The van der Waals surface area contributed by atoms with E-state index in [0.29, 0.717) is 5.82 Å². The van der Waals surface area contributed by atoms with E-state index < -0.39 is 6.03 Å². The van der Waals surface area contributed by atoms with E-state index in [1.54, 1.807) is 5.51 Å². The van der Waals surface area contributed by atoms with E-state index in [1.807, 2.05) is 35.8 Å². The van der Waals surface area contributed by atoms with Crippen molar-refractivity contribution in [3.8, 4) is 10.4 Å². The van der Waals surface area contributed by atoms with Gasteiger partial charge < -0.3 is 0 Å². The standard InChI is InChI=1S/C10H11N5OS/c11-14-10(16)15(12)9-8(17-6-13-9)7-4-2-1-3-5-7/h1-6H,11-12H2,(H,14,16). The van der Waals surface area contributed by atoms with Gasteiger partial charge in [0.1, 0.15) is 0 Å². The molecule has 2 amide bonds. The van der Waals surface area contributed by atoms with Gasteiger partial charge in [0.2, 0.25) is 0 Å². The maximum absolute atomic E-state index is 11.3. The largest absolute Gasteiger partial charge is 0.351 e. The monoisotopic (exact) mass is 249 g/mol. The van der Waals surface area contributed by atoms with Crippen molar-refractivity contribution in [3.63, 3.8) is 0 Å². The second-order valence-electron chi connectivity index (χ2n) is 3.19. The molecule has 0 fully saturated rings. The van der Waals surface area contributed by atoms with Gasteiger partial charge in [0.05, 0.1) is 10.4 Å². The number of nitrogens with zero attached hydrogens (tertiary/aromatic N) is 2. The molecule has 0 atom stereocenters. The zero-order chi connectivity index (χ0) is 12.3. The van der Waals surface area contributed by atoms with Crippen LogP contribution in [0.2, 0.25) is 0 Å². The van der Waals surface area contributed by atoms with E-state index in [1.165, 1.54) is 11.3 Å². The zero-order valence-corrected chi connectivity index (χ0v) is 9.65. The number of carbonyl (C=O) groups is 1. The van der Waals surface area contributed by atoms with E-state index in [-0.39, 0.29) is 0 Å². The summed E-state index contributed by atoms with van der Waals surface area (Å²) in [5.74, 6) is 11.0. The first kappa shape index (κ1) is 11.5. The van der Waals surface area contributed by atoms with Gasteiger partial charge in [-0.2, -0.15) is 0 Å². The molecule has 0 radical (unpaired) electrons. The van der Waals surface area contributed by atoms with Crippen molar-refractivity contribution in [2.24, 2.45) is 11.7 Å². The molecule has 0 saturated heterocycles. The molecular weight excluding hydrogens is 238 g/mol. The Labute approximate surface area is 102 Å². The van der Waals surface area contributed by atoms with Crippen LogP contribution in [-0.2, 0) is 0 Å². The van der Waals surface area contributed by atoms with Crippen LogP contribution in [0.1, 0.15) is 0 Å². The molecule has 88 valence electrons. The number of thiazole rings is 1. The lowest BCUT2D eigenvalue weighted by Crippen LogP contribution is -2.48. The highest BCUT2D eigenvalue weighted by Gasteiger charge is 2.18. The molecule has 0 aliphatic heterocycles. The van der Waals surface area contributed by atoms with E-state index in [9.17, 15) is 4.79 Å². The maximum atomic E-state index is 11.3. The van der Waals surface area contributed by atoms with Crippen LogP contribution in [-0.4, -0.2) is 11.0 Å². The van der Waals surface area contributed by atoms with Gasteiger partial charge >= 0.3 is 6.03 Å². The van der Waals surface area contributed by atoms with Crippen LogP contribution < -0.4 is 22.1 Å². The molecule has 7 heteroatoms. The number of hydrazine groups is 2. The molecule has 0 bridgehead atoms. The Morgan fingerprint density at radius 3 is 2.71 bits per heavy atom. The van der Waals surface area contributed by atoms with Crippen molar-refractivity contribution < 1.29 is 4.79 Å². The number of hydrogen-bond donors (Lipinski definition) is 3. The summed E-state index contributed by atoms with van der Waals surface area (Å²) >= 11 is 1.41. The average Bonchev–Trinajstić information content (AvgIpc) is 2.87. The van der Waals surface area contributed by atoms with E-state index in [2.05, 4.69) is 4.98 Å². The minimum atomic E-state index is -0.618. The number of aromatic nitrogens is 1. The minimum absolute atomic E-state index is 0.379. The SMILES string of the molecule is NNC(=O)N(N)c1ncsc1-c1ccccc1. The fourth-order valence-electron chi connectivity index (χ4n) is 1.36. The molecule has 0 aliphatic carbocycles. The summed E-state index contributed by atoms with van der Waals surface area (Å²) in [6.07, 6.45) is 0. The molecule has 2 rings (SSSR count). The molecule has 6 nitrogen and oxygen atoms in total. The highest BCUT2D eigenvalue weighted by molar-refractivity contribution is 7.13. The predicted octanol–water partition coefficient (Wildman–Crippen LogP) is 1.07. The summed E-state index contributed by atoms with van der Waals surface area (Å²) in [4.78, 5) is 16.2. The second kappa shape index (κ2) is 4.91. The number of benzene rings is 1. The number of nitrogens with two attached hydrogens (primary N) is 2. The normalized spacial score (nSPS) is 10.0. The molecule has 0 saturated carbocycles. The molecule has 17 heavy (non-hydrogen) atoms. The van der Waals surface area contributed by atoms with Crippen molar-refractivity contribution in [1.82, 2.24) is 10.4 Å². The molecule has 0 unspecified atom stereocenters. The second-order valence-corrected chi connectivity index (χ2v) is 4.05. The van der Waals surface area contributed by atoms with Gasteiger partial charge in [0.15, 0.2) is 5.82 Å². The smallest absolute Gasteiger partial charge is 0.274 e. The Hall–Kier alpha value is -1.96. The Morgan fingerprint density at radius 2 is 2.06 bits per heavy atom. The van der Waals surface area contributed by atoms with Crippen molar-refractivity contribution in [1.29, 1.82) is 0 Å². The maximum Gasteiger partial charge on any atom is 0.351 e. The molecule has 0 spiro atoms. The predicted molar refractivity (Wildman–Crippen MR) is 66.9 cm³/mol. The third-order valence-electron chi connectivity index (χ3n) is 2.16. The first-order valence-electron chi connectivity index (χ1n) is 4.78. The van der Waals surface area contributed by atoms with Gasteiger partial charge in [-0.25, -0.2) is 26.5 Å². The molecule has 1 aromatic heterocycles. The molecule has 2 aromatic rings. The van der Waals surface area contributed by atoms with Crippen LogP contribution >= 0.6 is 11.3 Å². The van der Waals surface area contributed by atoms with Crippen molar-refractivity contribution in [2.75, 3.05) is 5.01 Å². The third-order valence-corrected chi connectivity index (χ3v) is 3.02. The Balaban J connectivity index is 2.39. The van der Waals surface area contributed by atoms with Gasteiger partial charge in [-0.15, -0.1) is 11.3 Å². The van der Waals surface area contributed by atoms with Crippen LogP contribution in [0, 0.1) is 0 Å². The molecular formula is C10H11N5OS. The van der Waals surface area contributed by atoms with Crippen molar-refractivity contribution >= 4 is 23.2 Å². The van der Waals surface area contributed by atoms with Gasteiger partial charge in [-0.05, 0) is 5.56 Å².